The van der Waals surface area contributed by atoms with E-state index in [-0.39, 0.29) is 0 Å². The highest BCUT2D eigenvalue weighted by atomic mass is 16.5. The maximum atomic E-state index is 10.7. The molecule has 0 heterocycles. The van der Waals surface area contributed by atoms with Gasteiger partial charge < -0.3 is 20.3 Å². The summed E-state index contributed by atoms with van der Waals surface area (Å²) >= 11 is 0. The third-order valence-corrected chi connectivity index (χ3v) is 2.04. The molecule has 1 aromatic carbocycles. The van der Waals surface area contributed by atoms with E-state index in [4.69, 9.17) is 20.3 Å². The minimum atomic E-state index is -1.10. The van der Waals surface area contributed by atoms with E-state index < -0.39 is 12.0 Å². The third kappa shape index (κ3) is 2.38. The number of carbonyl (C=O) groups is 1. The Kier molecular flexibility index (Phi) is 3.51. The molecule has 0 spiro atoms. The first-order chi connectivity index (χ1) is 7.10. The summed E-state index contributed by atoms with van der Waals surface area (Å²) in [5.41, 5.74) is 5.91. The fourth-order valence-electron chi connectivity index (χ4n) is 1.21. The second kappa shape index (κ2) is 4.65. The van der Waals surface area contributed by atoms with Crippen LogP contribution in [0.2, 0.25) is 0 Å². The Morgan fingerprint density at radius 3 is 2.53 bits per heavy atom. The smallest absolute Gasteiger partial charge is 0.325 e. The molecule has 5 nitrogen and oxygen atoms in total. The monoisotopic (exact) mass is 211 g/mol. The lowest BCUT2D eigenvalue weighted by Gasteiger charge is -2.13. The summed E-state index contributed by atoms with van der Waals surface area (Å²) in [4.78, 5) is 10.7. The molecule has 0 saturated carbocycles. The molecular formula is C10H13NO4. The number of methoxy groups -OCH3 is 2. The topological polar surface area (TPSA) is 81.8 Å². The van der Waals surface area contributed by atoms with Crippen molar-refractivity contribution in [2.24, 2.45) is 5.73 Å². The van der Waals surface area contributed by atoms with Gasteiger partial charge >= 0.3 is 5.97 Å². The van der Waals surface area contributed by atoms with Crippen LogP contribution < -0.4 is 15.2 Å². The fraction of sp³-hybridized carbons (Fsp3) is 0.300. The van der Waals surface area contributed by atoms with E-state index in [2.05, 4.69) is 0 Å². The van der Waals surface area contributed by atoms with Gasteiger partial charge in [0.1, 0.15) is 17.5 Å². The van der Waals surface area contributed by atoms with Crippen molar-refractivity contribution in [1.29, 1.82) is 0 Å². The van der Waals surface area contributed by atoms with Gasteiger partial charge in [-0.05, 0) is 12.1 Å². The molecule has 1 rings (SSSR count). The zero-order valence-electron chi connectivity index (χ0n) is 8.56. The van der Waals surface area contributed by atoms with Crippen LogP contribution in [0.1, 0.15) is 11.6 Å². The van der Waals surface area contributed by atoms with Gasteiger partial charge in [0.25, 0.3) is 0 Å². The van der Waals surface area contributed by atoms with Gasteiger partial charge in [-0.1, -0.05) is 0 Å². The maximum Gasteiger partial charge on any atom is 0.325 e. The van der Waals surface area contributed by atoms with Crippen molar-refractivity contribution in [3.63, 3.8) is 0 Å². The van der Waals surface area contributed by atoms with Crippen LogP contribution >= 0.6 is 0 Å². The summed E-state index contributed by atoms with van der Waals surface area (Å²) in [5, 5.41) is 8.77. The van der Waals surface area contributed by atoms with Crippen LogP contribution in [0.4, 0.5) is 0 Å². The van der Waals surface area contributed by atoms with Crippen molar-refractivity contribution in [2.45, 2.75) is 6.04 Å². The van der Waals surface area contributed by atoms with E-state index in [9.17, 15) is 4.79 Å². The molecule has 0 aliphatic rings. The van der Waals surface area contributed by atoms with E-state index in [0.717, 1.165) is 0 Å². The van der Waals surface area contributed by atoms with Crippen LogP contribution in [0.15, 0.2) is 18.2 Å². The zero-order chi connectivity index (χ0) is 11.4. The molecule has 3 N–H and O–H groups in total. The quantitative estimate of drug-likeness (QED) is 0.769. The number of benzene rings is 1. The largest absolute Gasteiger partial charge is 0.497 e. The predicted molar refractivity (Wildman–Crippen MR) is 54.1 cm³/mol. The molecule has 1 atom stereocenters. The molecule has 15 heavy (non-hydrogen) atoms. The van der Waals surface area contributed by atoms with Gasteiger partial charge in [0.05, 0.1) is 14.2 Å². The van der Waals surface area contributed by atoms with Gasteiger partial charge in [0, 0.05) is 11.6 Å². The van der Waals surface area contributed by atoms with Crippen LogP contribution in [0.3, 0.4) is 0 Å². The SMILES string of the molecule is COc1ccc(C(N)C(=O)O)c(OC)c1. The number of aliphatic carboxylic acids is 1. The number of carboxylic acid groups (broad SMARTS) is 1. The normalized spacial score (nSPS) is 11.9. The Morgan fingerprint density at radius 1 is 1.40 bits per heavy atom. The summed E-state index contributed by atoms with van der Waals surface area (Å²) in [6, 6.07) is 3.72. The van der Waals surface area contributed by atoms with E-state index in [1.807, 2.05) is 0 Å². The predicted octanol–water partition coefficient (Wildman–Crippen LogP) is 0.788. The average molecular weight is 211 g/mol. The summed E-state index contributed by atoms with van der Waals surface area (Å²) < 4.78 is 10.0. The van der Waals surface area contributed by atoms with Crippen LogP contribution in [0.25, 0.3) is 0 Å². The van der Waals surface area contributed by atoms with Crippen molar-refractivity contribution in [3.05, 3.63) is 23.8 Å². The Balaban J connectivity index is 3.12. The highest BCUT2D eigenvalue weighted by Crippen LogP contribution is 2.28. The van der Waals surface area contributed by atoms with E-state index in [0.29, 0.717) is 17.1 Å². The van der Waals surface area contributed by atoms with Crippen molar-refractivity contribution in [1.82, 2.24) is 0 Å². The van der Waals surface area contributed by atoms with Crippen LogP contribution in [0.5, 0.6) is 11.5 Å². The molecule has 0 aliphatic heterocycles. The van der Waals surface area contributed by atoms with Gasteiger partial charge in [-0.25, -0.2) is 0 Å². The zero-order valence-corrected chi connectivity index (χ0v) is 8.56. The lowest BCUT2D eigenvalue weighted by molar-refractivity contribution is -0.138. The van der Waals surface area contributed by atoms with Crippen LogP contribution in [-0.2, 0) is 4.79 Å². The first-order valence-corrected chi connectivity index (χ1v) is 4.30. The van der Waals surface area contributed by atoms with Gasteiger partial charge in [0.2, 0.25) is 0 Å². The first-order valence-electron chi connectivity index (χ1n) is 4.30. The second-order valence-corrected chi connectivity index (χ2v) is 2.92. The van der Waals surface area contributed by atoms with E-state index >= 15 is 0 Å². The fourth-order valence-corrected chi connectivity index (χ4v) is 1.21. The molecule has 1 unspecified atom stereocenters. The lowest BCUT2D eigenvalue weighted by Crippen LogP contribution is -2.21. The number of hydrogen-bond acceptors (Lipinski definition) is 4. The van der Waals surface area contributed by atoms with Crippen molar-refractivity contribution in [3.8, 4) is 11.5 Å². The van der Waals surface area contributed by atoms with E-state index in [1.165, 1.54) is 14.2 Å². The highest BCUT2D eigenvalue weighted by molar-refractivity contribution is 5.76. The summed E-state index contributed by atoms with van der Waals surface area (Å²) in [7, 11) is 2.97. The standard InChI is InChI=1S/C10H13NO4/c1-14-6-3-4-7(8(5-6)15-2)9(11)10(12)13/h3-5,9H,11H2,1-2H3,(H,12,13). The molecule has 0 aromatic heterocycles. The molecule has 0 amide bonds. The Morgan fingerprint density at radius 2 is 2.07 bits per heavy atom. The minimum Gasteiger partial charge on any atom is -0.497 e. The van der Waals surface area contributed by atoms with Gasteiger partial charge in [0.15, 0.2) is 0 Å². The molecular weight excluding hydrogens is 198 g/mol. The second-order valence-electron chi connectivity index (χ2n) is 2.92. The Hall–Kier alpha value is -1.75. The average Bonchev–Trinajstić information content (AvgIpc) is 2.27. The molecule has 82 valence electrons. The molecule has 0 bridgehead atoms. The maximum absolute atomic E-state index is 10.7. The van der Waals surface area contributed by atoms with E-state index in [1.54, 1.807) is 18.2 Å². The minimum absolute atomic E-state index is 0.407. The van der Waals surface area contributed by atoms with Crippen molar-refractivity contribution in [2.75, 3.05) is 14.2 Å². The number of carboxylic acids is 1. The molecule has 0 radical (unpaired) electrons. The number of ether oxygens (including phenoxy) is 2. The molecule has 1 aromatic rings. The van der Waals surface area contributed by atoms with Gasteiger partial charge in [-0.2, -0.15) is 0 Å². The summed E-state index contributed by atoms with van der Waals surface area (Å²) in [6.45, 7) is 0. The lowest BCUT2D eigenvalue weighted by atomic mass is 10.1. The summed E-state index contributed by atoms with van der Waals surface area (Å²) in [6.07, 6.45) is 0. The van der Waals surface area contributed by atoms with Crippen molar-refractivity contribution < 1.29 is 19.4 Å². The van der Waals surface area contributed by atoms with Crippen LogP contribution in [0, 0.1) is 0 Å². The molecule has 5 heteroatoms. The van der Waals surface area contributed by atoms with Crippen LogP contribution in [-0.4, -0.2) is 25.3 Å². The Labute approximate surface area is 87.4 Å². The van der Waals surface area contributed by atoms with Crippen molar-refractivity contribution >= 4 is 5.97 Å². The van der Waals surface area contributed by atoms with Gasteiger partial charge in [-0.3, -0.25) is 4.79 Å². The number of rotatable bonds is 4. The molecule has 0 aliphatic carbocycles. The number of hydrogen-bond donors (Lipinski definition) is 2. The highest BCUT2D eigenvalue weighted by Gasteiger charge is 2.18. The first kappa shape index (κ1) is 11.3. The molecule has 0 fully saturated rings. The Bertz CT molecular complexity index is 364. The number of nitrogens with two attached hydrogens (primary N) is 1. The third-order valence-electron chi connectivity index (χ3n) is 2.04. The summed E-state index contributed by atoms with van der Waals surface area (Å²) in [5.74, 6) is -0.101. The molecule has 0 saturated heterocycles. The van der Waals surface area contributed by atoms with Gasteiger partial charge in [-0.15, -0.1) is 0 Å².